The molecule has 1 aromatic rings. The Morgan fingerprint density at radius 2 is 2.23 bits per heavy atom. The maximum Gasteiger partial charge on any atom is 0.126 e. The van der Waals surface area contributed by atoms with Crippen LogP contribution in [0.25, 0.3) is 0 Å². The van der Waals surface area contributed by atoms with Crippen molar-refractivity contribution in [3.8, 4) is 0 Å². The van der Waals surface area contributed by atoms with Crippen LogP contribution in [0.2, 0.25) is 0 Å². The zero-order valence-electron chi connectivity index (χ0n) is 7.71. The van der Waals surface area contributed by atoms with E-state index in [4.69, 9.17) is 0 Å². The van der Waals surface area contributed by atoms with Crippen LogP contribution in [0.3, 0.4) is 0 Å². The first-order chi connectivity index (χ1) is 5.97. The molecular formula is C9H13BrN2O. The fraction of sp³-hybridized carbons (Fsp3) is 0.444. The van der Waals surface area contributed by atoms with Crippen LogP contribution in [0.1, 0.15) is 13.8 Å². The minimum atomic E-state index is -0.714. The largest absolute Gasteiger partial charge is 0.389 e. The Morgan fingerprint density at radius 1 is 1.54 bits per heavy atom. The summed E-state index contributed by atoms with van der Waals surface area (Å²) in [6, 6.07) is 3.76. The third-order valence-electron chi connectivity index (χ3n) is 1.43. The van der Waals surface area contributed by atoms with Gasteiger partial charge in [-0.1, -0.05) is 0 Å². The number of pyridine rings is 1. The van der Waals surface area contributed by atoms with Gasteiger partial charge >= 0.3 is 0 Å². The number of hydrogen-bond donors (Lipinski definition) is 2. The highest BCUT2D eigenvalue weighted by Crippen LogP contribution is 2.11. The van der Waals surface area contributed by atoms with Crippen molar-refractivity contribution in [3.63, 3.8) is 0 Å². The van der Waals surface area contributed by atoms with Gasteiger partial charge in [0.25, 0.3) is 0 Å². The number of nitrogens with zero attached hydrogens (tertiary/aromatic N) is 1. The first kappa shape index (κ1) is 10.5. The minimum Gasteiger partial charge on any atom is -0.389 e. The molecule has 13 heavy (non-hydrogen) atoms. The molecule has 0 unspecified atom stereocenters. The van der Waals surface area contributed by atoms with Crippen LogP contribution in [0.15, 0.2) is 22.8 Å². The Hall–Kier alpha value is -0.610. The molecular weight excluding hydrogens is 232 g/mol. The van der Waals surface area contributed by atoms with E-state index in [1.165, 1.54) is 0 Å². The molecule has 0 radical (unpaired) electrons. The molecule has 0 spiro atoms. The smallest absolute Gasteiger partial charge is 0.126 e. The third-order valence-corrected chi connectivity index (χ3v) is 1.90. The van der Waals surface area contributed by atoms with E-state index in [0.29, 0.717) is 6.54 Å². The molecule has 0 aliphatic rings. The maximum absolute atomic E-state index is 9.43. The van der Waals surface area contributed by atoms with Gasteiger partial charge in [0, 0.05) is 17.2 Å². The van der Waals surface area contributed by atoms with Crippen molar-refractivity contribution < 1.29 is 5.11 Å². The Morgan fingerprint density at radius 3 is 2.69 bits per heavy atom. The molecule has 4 heteroatoms. The standard InChI is InChI=1S/C9H13BrN2O/c1-9(2,13)6-12-8-4-3-7(10)5-11-8/h3-5,13H,6H2,1-2H3,(H,11,12). The molecule has 0 aromatic carbocycles. The summed E-state index contributed by atoms with van der Waals surface area (Å²) in [5, 5.41) is 12.5. The van der Waals surface area contributed by atoms with Gasteiger partial charge in [-0.05, 0) is 41.9 Å². The van der Waals surface area contributed by atoms with Gasteiger partial charge in [0.05, 0.1) is 5.60 Å². The van der Waals surface area contributed by atoms with Gasteiger partial charge in [-0.15, -0.1) is 0 Å². The molecule has 3 nitrogen and oxygen atoms in total. The van der Waals surface area contributed by atoms with Crippen LogP contribution >= 0.6 is 15.9 Å². The van der Waals surface area contributed by atoms with E-state index in [9.17, 15) is 5.11 Å². The van der Waals surface area contributed by atoms with Crippen LogP contribution < -0.4 is 5.32 Å². The summed E-state index contributed by atoms with van der Waals surface area (Å²) in [5.74, 6) is 0.769. The molecule has 0 bridgehead atoms. The van der Waals surface area contributed by atoms with Gasteiger partial charge < -0.3 is 10.4 Å². The van der Waals surface area contributed by atoms with Crippen LogP contribution in [0.4, 0.5) is 5.82 Å². The molecule has 1 heterocycles. The van der Waals surface area contributed by atoms with Crippen LogP contribution in [0.5, 0.6) is 0 Å². The lowest BCUT2D eigenvalue weighted by Crippen LogP contribution is -2.29. The molecule has 0 saturated heterocycles. The second kappa shape index (κ2) is 4.07. The van der Waals surface area contributed by atoms with Crippen molar-refractivity contribution in [2.24, 2.45) is 0 Å². The number of halogens is 1. The van der Waals surface area contributed by atoms with Gasteiger partial charge in [0.2, 0.25) is 0 Å². The third kappa shape index (κ3) is 4.24. The molecule has 0 atom stereocenters. The van der Waals surface area contributed by atoms with E-state index < -0.39 is 5.60 Å². The second-order valence-electron chi connectivity index (χ2n) is 3.53. The van der Waals surface area contributed by atoms with E-state index in [2.05, 4.69) is 26.2 Å². The summed E-state index contributed by atoms with van der Waals surface area (Å²) in [6.45, 7) is 3.99. The first-order valence-corrected chi connectivity index (χ1v) is 4.84. The van der Waals surface area contributed by atoms with Gasteiger partial charge in [-0.3, -0.25) is 0 Å². The Labute approximate surface area is 86.3 Å². The fourth-order valence-electron chi connectivity index (χ4n) is 0.787. The van der Waals surface area contributed by atoms with E-state index in [-0.39, 0.29) is 0 Å². The number of aliphatic hydroxyl groups is 1. The van der Waals surface area contributed by atoms with Crippen molar-refractivity contribution >= 4 is 21.7 Å². The lowest BCUT2D eigenvalue weighted by atomic mass is 10.1. The quantitative estimate of drug-likeness (QED) is 0.856. The molecule has 0 fully saturated rings. The SMILES string of the molecule is CC(C)(O)CNc1ccc(Br)cn1. The highest BCUT2D eigenvalue weighted by molar-refractivity contribution is 9.10. The molecule has 72 valence electrons. The van der Waals surface area contributed by atoms with Crippen LogP contribution in [-0.4, -0.2) is 22.2 Å². The molecule has 1 aromatic heterocycles. The molecule has 0 aliphatic carbocycles. The van der Waals surface area contributed by atoms with Crippen molar-refractivity contribution in [3.05, 3.63) is 22.8 Å². The van der Waals surface area contributed by atoms with Gasteiger partial charge in [0.15, 0.2) is 0 Å². The first-order valence-electron chi connectivity index (χ1n) is 4.05. The summed E-state index contributed by atoms with van der Waals surface area (Å²) in [5.41, 5.74) is -0.714. The molecule has 1 rings (SSSR count). The summed E-state index contributed by atoms with van der Waals surface area (Å²) in [4.78, 5) is 4.11. The minimum absolute atomic E-state index is 0.488. The second-order valence-corrected chi connectivity index (χ2v) is 4.44. The van der Waals surface area contributed by atoms with Gasteiger partial charge in [-0.2, -0.15) is 0 Å². The lowest BCUT2D eigenvalue weighted by molar-refractivity contribution is 0.0944. The Bertz CT molecular complexity index is 266. The molecule has 0 amide bonds. The van der Waals surface area contributed by atoms with Gasteiger partial charge in [-0.25, -0.2) is 4.98 Å². The zero-order valence-corrected chi connectivity index (χ0v) is 9.30. The normalized spacial score (nSPS) is 11.4. The van der Waals surface area contributed by atoms with E-state index >= 15 is 0 Å². The van der Waals surface area contributed by atoms with Crippen molar-refractivity contribution in [1.29, 1.82) is 0 Å². The average Bonchev–Trinajstić information content (AvgIpc) is 2.02. The predicted octanol–water partition coefficient (Wildman–Crippen LogP) is 2.03. The number of aromatic nitrogens is 1. The molecule has 0 saturated carbocycles. The lowest BCUT2D eigenvalue weighted by Gasteiger charge is -2.17. The van der Waals surface area contributed by atoms with E-state index in [0.717, 1.165) is 10.3 Å². The van der Waals surface area contributed by atoms with E-state index in [1.807, 2.05) is 12.1 Å². The maximum atomic E-state index is 9.43. The number of nitrogens with one attached hydrogen (secondary N) is 1. The van der Waals surface area contributed by atoms with Gasteiger partial charge in [0.1, 0.15) is 5.82 Å². The highest BCUT2D eigenvalue weighted by atomic mass is 79.9. The monoisotopic (exact) mass is 244 g/mol. The highest BCUT2D eigenvalue weighted by Gasteiger charge is 2.11. The number of rotatable bonds is 3. The van der Waals surface area contributed by atoms with Crippen LogP contribution in [0, 0.1) is 0 Å². The summed E-state index contributed by atoms with van der Waals surface area (Å²) < 4.78 is 0.946. The Kier molecular flexibility index (Phi) is 3.27. The van der Waals surface area contributed by atoms with Crippen molar-refractivity contribution in [2.75, 3.05) is 11.9 Å². The molecule has 0 aliphatic heterocycles. The summed E-state index contributed by atoms with van der Waals surface area (Å²) in [7, 11) is 0. The zero-order chi connectivity index (χ0) is 9.90. The topological polar surface area (TPSA) is 45.1 Å². The van der Waals surface area contributed by atoms with Crippen molar-refractivity contribution in [2.45, 2.75) is 19.4 Å². The summed E-state index contributed by atoms with van der Waals surface area (Å²) in [6.07, 6.45) is 1.71. The average molecular weight is 245 g/mol. The summed E-state index contributed by atoms with van der Waals surface area (Å²) >= 11 is 3.30. The fourth-order valence-corrected chi connectivity index (χ4v) is 1.02. The van der Waals surface area contributed by atoms with Crippen molar-refractivity contribution in [1.82, 2.24) is 4.98 Å². The Balaban J connectivity index is 2.51. The molecule has 2 N–H and O–H groups in total. The predicted molar refractivity (Wildman–Crippen MR) is 56.7 cm³/mol. The number of anilines is 1. The number of hydrogen-bond acceptors (Lipinski definition) is 3. The van der Waals surface area contributed by atoms with Crippen LogP contribution in [-0.2, 0) is 0 Å². The van der Waals surface area contributed by atoms with E-state index in [1.54, 1.807) is 20.0 Å².